The van der Waals surface area contributed by atoms with Crippen molar-refractivity contribution >= 4 is 33.7 Å². The Hall–Kier alpha value is -2.53. The van der Waals surface area contributed by atoms with E-state index in [-0.39, 0.29) is 0 Å². The van der Waals surface area contributed by atoms with Gasteiger partial charge in [-0.2, -0.15) is 0 Å². The molecule has 6 saturated heterocycles. The van der Waals surface area contributed by atoms with Crippen LogP contribution < -0.4 is 30.4 Å². The van der Waals surface area contributed by atoms with Crippen molar-refractivity contribution in [3.05, 3.63) is 0 Å². The average Bonchev–Trinajstić information content (AvgIpc) is 0.953. The van der Waals surface area contributed by atoms with Gasteiger partial charge in [-0.05, 0) is 6.92 Å². The molecule has 6 aliphatic heterocycles. The van der Waals surface area contributed by atoms with Crippen LogP contribution in [0.5, 0.6) is 0 Å². The van der Waals surface area contributed by atoms with Crippen LogP contribution in [0.3, 0.4) is 0 Å². The lowest BCUT2D eigenvalue weighted by molar-refractivity contribution is -0.392. The first kappa shape index (κ1) is 74.5. The molecule has 0 aromatic carbocycles. The van der Waals surface area contributed by atoms with Crippen LogP contribution in [0.15, 0.2) is 5.16 Å². The van der Waals surface area contributed by atoms with Crippen molar-refractivity contribution in [2.45, 2.75) is 198 Å². The van der Waals surface area contributed by atoms with Crippen LogP contribution in [0, 0.1) is 0 Å². The van der Waals surface area contributed by atoms with E-state index in [0.29, 0.717) is 0 Å². The number of nitrogens with one attached hydrogen (secondary N) is 2. The second-order valence-electron chi connectivity index (χ2n) is 20.3. The highest BCUT2D eigenvalue weighted by atomic mass is 31.2. The Morgan fingerprint density at radius 1 is 0.432 bits per heavy atom. The summed E-state index contributed by atoms with van der Waals surface area (Å²) >= 11 is 0. The summed E-state index contributed by atoms with van der Waals surface area (Å²) in [6.45, 7) is -6.46. The van der Waals surface area contributed by atoms with Crippen molar-refractivity contribution in [1.82, 2.24) is 10.9 Å². The Balaban J connectivity index is 1.20. The van der Waals surface area contributed by atoms with Crippen molar-refractivity contribution < 1.29 is 196 Å². The van der Waals surface area contributed by atoms with Gasteiger partial charge in [-0.1, -0.05) is 5.16 Å². The number of rotatable bonds is 27. The Morgan fingerprint density at radius 2 is 0.795 bits per heavy atom. The molecule has 12 unspecified atom stereocenters. The number of carbonyl (C=O) groups excluding carboxylic acids is 2. The van der Waals surface area contributed by atoms with E-state index in [1.54, 1.807) is 0 Å². The van der Waals surface area contributed by atoms with E-state index < -0.39 is 271 Å². The minimum absolute atomic E-state index is 0.620. The molecule has 6 rings (SSSR count). The normalized spacial score (nSPS) is 43.8. The van der Waals surface area contributed by atoms with Crippen LogP contribution in [0.25, 0.3) is 0 Å². The van der Waals surface area contributed by atoms with Crippen molar-refractivity contribution in [2.24, 2.45) is 5.16 Å². The number of oxime groups is 1. The molecule has 0 radical (unpaired) electrons. The zero-order valence-electron chi connectivity index (χ0n) is 45.6. The molecule has 6 fully saturated rings. The van der Waals surface area contributed by atoms with E-state index in [1.807, 2.05) is 10.9 Å². The smallest absolute Gasteiger partial charge is 0.279 e. The Morgan fingerprint density at radius 3 is 1.26 bits per heavy atom. The summed E-state index contributed by atoms with van der Waals surface area (Å²) in [6.07, 6.45) is -62.8. The summed E-state index contributed by atoms with van der Waals surface area (Å²) in [5.41, 5.74) is 4.04. The van der Waals surface area contributed by atoms with Crippen LogP contribution in [0.1, 0.15) is 13.3 Å². The van der Waals surface area contributed by atoms with E-state index in [4.69, 9.17) is 56.8 Å². The highest BCUT2D eigenvalue weighted by Gasteiger charge is 2.56. The predicted molar refractivity (Wildman–Crippen MR) is 257 cm³/mol. The summed E-state index contributed by atoms with van der Waals surface area (Å²) in [4.78, 5) is 73.9. The molecule has 512 valence electrons. The number of aliphatic hydroxyl groups excluding tert-OH is 17. The van der Waals surface area contributed by atoms with E-state index in [2.05, 4.69) is 19.0 Å². The SMILES string of the molecule is CC=NOCC(=O)NNC(=O)CCO[C@@H]1OC(CO[C@H]2OC(CO[C@H]3OC(CO)[C@@H](O)[C@H](O)C3O[C@H]3OC(COP(=O)([O-])[O-])[C@@H](O)C(O)[C@H]3O)[C@@H](O)C(O)[C@H]2O)[C@@H](O)[C@H](O[C@H]2OC(CO)[C@@H](O)C(O)[C@H]2O[C@H]2OC(COP(=O)([O-])[O-])[C@@H](O)C(O)[C@H]2O)C1O. The quantitative estimate of drug-likeness (QED) is 0.0206. The molecule has 43 nitrogen and oxygen atoms in total. The molecule has 0 aromatic heterocycles. The third kappa shape index (κ3) is 19.3. The summed E-state index contributed by atoms with van der Waals surface area (Å²) in [7, 11) is -11.5. The molecule has 19 N–H and O–H groups in total. The van der Waals surface area contributed by atoms with Gasteiger partial charge in [-0.25, -0.2) is 0 Å². The number of hydrazine groups is 1. The molecule has 0 aliphatic carbocycles. The fraction of sp³-hybridized carbons (Fsp3) is 0.930. The zero-order chi connectivity index (χ0) is 65.3. The van der Waals surface area contributed by atoms with Gasteiger partial charge in [0.15, 0.2) is 44.3 Å². The van der Waals surface area contributed by atoms with Crippen LogP contribution in [0.2, 0.25) is 0 Å². The first-order chi connectivity index (χ1) is 41.3. The maximum atomic E-state index is 12.6. The van der Waals surface area contributed by atoms with Crippen molar-refractivity contribution in [2.75, 3.05) is 52.9 Å². The third-order valence-corrected chi connectivity index (χ3v) is 15.1. The lowest BCUT2D eigenvalue weighted by Crippen LogP contribution is -2.67. The highest BCUT2D eigenvalue weighted by molar-refractivity contribution is 7.43. The second kappa shape index (κ2) is 33.0. The molecule has 0 saturated carbocycles. The molecular formula is C43H71N3O40P2-4. The van der Waals surface area contributed by atoms with Crippen molar-refractivity contribution in [3.63, 3.8) is 0 Å². The number of amides is 2. The maximum Gasteiger partial charge on any atom is 0.279 e. The van der Waals surface area contributed by atoms with Crippen molar-refractivity contribution in [1.29, 1.82) is 0 Å². The van der Waals surface area contributed by atoms with Crippen LogP contribution >= 0.6 is 15.6 Å². The van der Waals surface area contributed by atoms with E-state index in [1.165, 1.54) is 13.1 Å². The molecule has 0 spiro atoms. The van der Waals surface area contributed by atoms with Gasteiger partial charge in [0.05, 0.1) is 68.3 Å². The van der Waals surface area contributed by atoms with Crippen LogP contribution in [-0.2, 0) is 89.4 Å². The van der Waals surface area contributed by atoms with Gasteiger partial charge in [-0.3, -0.25) is 20.4 Å². The Labute approximate surface area is 495 Å². The molecule has 0 aromatic rings. The fourth-order valence-corrected chi connectivity index (χ4v) is 10.0. The lowest BCUT2D eigenvalue weighted by Gasteiger charge is -2.49. The largest absolute Gasteiger partial charge is 0.790 e. The minimum atomic E-state index is -5.75. The van der Waals surface area contributed by atoms with Crippen molar-refractivity contribution in [3.8, 4) is 0 Å². The van der Waals surface area contributed by atoms with Crippen LogP contribution in [-0.4, -0.2) is 342 Å². The Bertz CT molecular complexity index is 2300. The highest BCUT2D eigenvalue weighted by Crippen LogP contribution is 2.37. The number of phosphoric ester groups is 2. The van der Waals surface area contributed by atoms with Crippen LogP contribution in [0.4, 0.5) is 0 Å². The standard InChI is InChI=1S/C43H75N3O40P2/c1-2-44-75-11-19(50)46-45-18(49)3-4-72-39-34(65)35(84-43-37(30(61)21(52)13(6-48)79-43)86-41-33(64)28(59)24(55)17(83-41)10-77-88(69,70)71)25(56)15(81-39)8-73-38-31(62)26(57)22(53)14(80-38)7-74-42-36(29(60)20(51)12(5-47)78-42)85-40-32(63)27(58)23(54)16(82-40)9-76-87(66,67)68/h2,12-17,20-43,47-48,51-65H,3-11H2,1H3,(H,45,49)(H,46,50)(H2,66,67,68)(H2,69,70,71)/p-4/t12?,13?,14?,15?,16?,17?,20-,21-,22-,23-,24-,25-,26?,27?,28?,29+,30?,31-,32-,33-,34?,35+,36?,37-,38+,39-,40-,41-,42+,43-/m1/s1. The Kier molecular flexibility index (Phi) is 28.0. The van der Waals surface area contributed by atoms with Gasteiger partial charge in [0.1, 0.15) is 146 Å². The molecule has 2 amide bonds. The molecule has 6 aliphatic rings. The van der Waals surface area contributed by atoms with Gasteiger partial charge in [-0.15, -0.1) is 0 Å². The zero-order valence-corrected chi connectivity index (χ0v) is 47.4. The minimum Gasteiger partial charge on any atom is -0.790 e. The number of ether oxygens (including phenoxy) is 12. The monoisotopic (exact) mass is 1330 g/mol. The molecule has 45 heteroatoms. The molecule has 6 heterocycles. The fourth-order valence-electron chi connectivity index (χ4n) is 9.36. The molecule has 88 heavy (non-hydrogen) atoms. The van der Waals surface area contributed by atoms with E-state index >= 15 is 0 Å². The first-order valence-corrected chi connectivity index (χ1v) is 29.4. The average molecular weight is 1330 g/mol. The number of nitrogens with zero attached hydrogens (tertiary/aromatic N) is 1. The topological polar surface area (TPSA) is 679 Å². The summed E-state index contributed by atoms with van der Waals surface area (Å²) in [6, 6.07) is 0. The van der Waals surface area contributed by atoms with Gasteiger partial charge in [0.2, 0.25) is 5.91 Å². The number of hydrogen-bond donors (Lipinski definition) is 19. The summed E-state index contributed by atoms with van der Waals surface area (Å²) < 4.78 is 98.0. The third-order valence-electron chi connectivity index (χ3n) is 14.1. The number of phosphoric acid groups is 2. The summed E-state index contributed by atoms with van der Waals surface area (Å²) in [5.74, 6) is -1.78. The number of aliphatic hydroxyl groups is 17. The number of carbonyl (C=O) groups is 2. The summed E-state index contributed by atoms with van der Waals surface area (Å²) in [5, 5.41) is 187. The molecule has 0 bridgehead atoms. The molecular weight excluding hydrogens is 1260 g/mol. The maximum absolute atomic E-state index is 12.6. The lowest BCUT2D eigenvalue weighted by atomic mass is 9.96. The van der Waals surface area contributed by atoms with Gasteiger partial charge in [0, 0.05) is 6.21 Å². The first-order valence-electron chi connectivity index (χ1n) is 26.5. The van der Waals surface area contributed by atoms with E-state index in [9.17, 15) is 125 Å². The van der Waals surface area contributed by atoms with E-state index in [0.717, 1.165) is 0 Å². The second-order valence-corrected chi connectivity index (χ2v) is 22.6. The van der Waals surface area contributed by atoms with Gasteiger partial charge < -0.3 is 186 Å². The number of hydrogen-bond acceptors (Lipinski definition) is 41. The van der Waals surface area contributed by atoms with Gasteiger partial charge in [0.25, 0.3) is 5.91 Å². The van der Waals surface area contributed by atoms with Gasteiger partial charge >= 0.3 is 0 Å². The predicted octanol–water partition coefficient (Wildman–Crippen LogP) is -16.8. The molecule has 30 atom stereocenters.